The first-order valence-corrected chi connectivity index (χ1v) is 15.3. The number of likely N-dealkylation sites (N-methyl/N-ethyl adjacent to an activating group) is 1. The van der Waals surface area contributed by atoms with E-state index in [2.05, 4.69) is 15.5 Å². The molecule has 1 aliphatic carbocycles. The maximum absolute atomic E-state index is 14.3. The maximum Gasteiger partial charge on any atom is 0.246 e. The molecule has 2 aliphatic heterocycles. The number of rotatable bonds is 8. The number of thiophene rings is 1. The van der Waals surface area contributed by atoms with Crippen molar-refractivity contribution in [3.8, 4) is 0 Å². The summed E-state index contributed by atoms with van der Waals surface area (Å²) < 4.78 is 0. The van der Waals surface area contributed by atoms with Crippen molar-refractivity contribution in [1.29, 1.82) is 0 Å². The standard InChI is InChI=1S/C27H37N5O3S2/c1-17(28-2)25(34)30-23(18-8-4-3-5-9-18)27(35)32-14-19-10-6-12-31(19)15-21(32)26-29-20(16-37-26)24(33)22-11-7-13-36-22/h7,11,13,16-19,21,23,28H,3-6,8-10,12,14-15H2,1-2H3,(H,30,34). The highest BCUT2D eigenvalue weighted by atomic mass is 32.1. The average Bonchev–Trinajstić information content (AvgIpc) is 3.72. The molecular weight excluding hydrogens is 506 g/mol. The molecule has 3 aliphatic rings. The van der Waals surface area contributed by atoms with Crippen molar-refractivity contribution in [2.75, 3.05) is 26.7 Å². The lowest BCUT2D eigenvalue weighted by Crippen LogP contribution is -2.60. The van der Waals surface area contributed by atoms with Crippen LogP contribution in [0.3, 0.4) is 0 Å². The van der Waals surface area contributed by atoms with Crippen LogP contribution in [0.25, 0.3) is 0 Å². The Kier molecular flexibility index (Phi) is 8.38. The van der Waals surface area contributed by atoms with E-state index in [1.165, 1.54) is 29.1 Å². The molecule has 10 heteroatoms. The Labute approximate surface area is 226 Å². The number of carbonyl (C=O) groups is 3. The smallest absolute Gasteiger partial charge is 0.246 e. The predicted molar refractivity (Wildman–Crippen MR) is 146 cm³/mol. The van der Waals surface area contributed by atoms with Gasteiger partial charge in [0.05, 0.1) is 17.0 Å². The van der Waals surface area contributed by atoms with E-state index in [1.54, 1.807) is 7.05 Å². The highest BCUT2D eigenvalue weighted by Crippen LogP contribution is 2.36. The molecule has 0 bridgehead atoms. The fourth-order valence-electron chi connectivity index (χ4n) is 5.99. The van der Waals surface area contributed by atoms with Crippen molar-refractivity contribution < 1.29 is 14.4 Å². The van der Waals surface area contributed by atoms with Crippen molar-refractivity contribution in [3.05, 3.63) is 38.5 Å². The van der Waals surface area contributed by atoms with Crippen molar-refractivity contribution in [1.82, 2.24) is 25.4 Å². The second-order valence-electron chi connectivity index (χ2n) is 10.6. The summed E-state index contributed by atoms with van der Waals surface area (Å²) in [7, 11) is 1.76. The van der Waals surface area contributed by atoms with E-state index in [0.29, 0.717) is 23.2 Å². The zero-order valence-corrected chi connectivity index (χ0v) is 23.3. The zero-order chi connectivity index (χ0) is 25.9. The first-order chi connectivity index (χ1) is 18.0. The van der Waals surface area contributed by atoms with Gasteiger partial charge in [0.25, 0.3) is 0 Å². The summed E-state index contributed by atoms with van der Waals surface area (Å²) >= 11 is 2.88. The summed E-state index contributed by atoms with van der Waals surface area (Å²) in [5, 5.41) is 10.6. The van der Waals surface area contributed by atoms with E-state index in [1.807, 2.05) is 34.7 Å². The molecule has 5 rings (SSSR count). The summed E-state index contributed by atoms with van der Waals surface area (Å²) in [6.07, 6.45) is 7.47. The molecule has 4 unspecified atom stereocenters. The number of aromatic nitrogens is 1. The van der Waals surface area contributed by atoms with Gasteiger partial charge >= 0.3 is 0 Å². The van der Waals surface area contributed by atoms with Gasteiger partial charge in [-0.1, -0.05) is 25.3 Å². The van der Waals surface area contributed by atoms with Gasteiger partial charge in [0.1, 0.15) is 16.7 Å². The number of ketones is 1. The van der Waals surface area contributed by atoms with Crippen molar-refractivity contribution >= 4 is 40.3 Å². The second-order valence-corrected chi connectivity index (χ2v) is 12.4. The van der Waals surface area contributed by atoms with E-state index in [9.17, 15) is 14.4 Å². The van der Waals surface area contributed by atoms with Crippen molar-refractivity contribution in [2.45, 2.75) is 76.0 Å². The lowest BCUT2D eigenvalue weighted by Gasteiger charge is -2.45. The summed E-state index contributed by atoms with van der Waals surface area (Å²) in [4.78, 5) is 50.1. The highest BCUT2D eigenvalue weighted by Gasteiger charge is 2.44. The molecule has 2 saturated heterocycles. The third-order valence-corrected chi connectivity index (χ3v) is 10.1. The van der Waals surface area contributed by atoms with Gasteiger partial charge in [0.15, 0.2) is 0 Å². The summed E-state index contributed by atoms with van der Waals surface area (Å²) in [6, 6.07) is 2.90. The van der Waals surface area contributed by atoms with Crippen LogP contribution in [0.1, 0.15) is 78.3 Å². The molecule has 2 aromatic rings. The minimum absolute atomic E-state index is 0.00133. The van der Waals surface area contributed by atoms with E-state index >= 15 is 0 Å². The molecule has 3 fully saturated rings. The Morgan fingerprint density at radius 2 is 1.89 bits per heavy atom. The van der Waals surface area contributed by atoms with Crippen molar-refractivity contribution in [2.24, 2.45) is 5.92 Å². The van der Waals surface area contributed by atoms with Crippen LogP contribution in [0.4, 0.5) is 0 Å². The third-order valence-electron chi connectivity index (χ3n) is 8.27. The van der Waals surface area contributed by atoms with Crippen LogP contribution in [0, 0.1) is 5.92 Å². The highest BCUT2D eigenvalue weighted by molar-refractivity contribution is 7.12. The van der Waals surface area contributed by atoms with Gasteiger partial charge in [-0.25, -0.2) is 4.98 Å². The fraction of sp³-hybridized carbons (Fsp3) is 0.630. The van der Waals surface area contributed by atoms with Gasteiger partial charge in [-0.05, 0) is 63.6 Å². The van der Waals surface area contributed by atoms with E-state index < -0.39 is 6.04 Å². The normalized spacial score (nSPS) is 24.4. The van der Waals surface area contributed by atoms with Crippen LogP contribution in [-0.4, -0.2) is 77.2 Å². The molecule has 4 atom stereocenters. The first kappa shape index (κ1) is 26.5. The molecule has 4 heterocycles. The molecular formula is C27H37N5O3S2. The Hall–Kier alpha value is -2.14. The second kappa shape index (κ2) is 11.7. The average molecular weight is 544 g/mol. The van der Waals surface area contributed by atoms with Gasteiger partial charge in [-0.15, -0.1) is 22.7 Å². The number of carbonyl (C=O) groups excluding carboxylic acids is 3. The Morgan fingerprint density at radius 1 is 1.08 bits per heavy atom. The van der Waals surface area contributed by atoms with E-state index in [4.69, 9.17) is 4.98 Å². The maximum atomic E-state index is 14.3. The van der Waals surface area contributed by atoms with Gasteiger partial charge in [-0.3, -0.25) is 19.3 Å². The Balaban J connectivity index is 1.43. The zero-order valence-electron chi connectivity index (χ0n) is 21.7. The SMILES string of the molecule is CNC(C)C(=O)NC(C(=O)N1CC2CCCN2CC1c1nc(C(=O)c2cccs2)cs1)C1CCCCC1. The largest absolute Gasteiger partial charge is 0.343 e. The minimum Gasteiger partial charge on any atom is -0.343 e. The number of hydrogen-bond acceptors (Lipinski definition) is 8. The lowest BCUT2D eigenvalue weighted by atomic mass is 9.82. The number of nitrogens with zero attached hydrogens (tertiary/aromatic N) is 3. The summed E-state index contributed by atoms with van der Waals surface area (Å²) in [5.41, 5.74) is 0.443. The summed E-state index contributed by atoms with van der Waals surface area (Å²) in [6.45, 7) is 4.20. The van der Waals surface area contributed by atoms with Gasteiger partial charge in [0.2, 0.25) is 17.6 Å². The Morgan fingerprint density at radius 3 is 2.62 bits per heavy atom. The molecule has 0 aromatic carbocycles. The fourth-order valence-corrected chi connectivity index (χ4v) is 7.56. The van der Waals surface area contributed by atoms with Gasteiger partial charge < -0.3 is 15.5 Å². The first-order valence-electron chi connectivity index (χ1n) is 13.5. The molecule has 2 N–H and O–H groups in total. The topological polar surface area (TPSA) is 94.6 Å². The van der Waals surface area contributed by atoms with Crippen LogP contribution >= 0.6 is 22.7 Å². The molecule has 200 valence electrons. The van der Waals surface area contributed by atoms with E-state index in [-0.39, 0.29) is 35.6 Å². The molecule has 8 nitrogen and oxygen atoms in total. The van der Waals surface area contributed by atoms with Gasteiger partial charge in [-0.2, -0.15) is 0 Å². The van der Waals surface area contributed by atoms with Crippen LogP contribution in [0.15, 0.2) is 22.9 Å². The molecule has 2 amide bonds. The van der Waals surface area contributed by atoms with Crippen LogP contribution in [0.5, 0.6) is 0 Å². The monoisotopic (exact) mass is 543 g/mol. The number of hydrogen-bond donors (Lipinski definition) is 2. The van der Waals surface area contributed by atoms with Crippen molar-refractivity contribution in [3.63, 3.8) is 0 Å². The molecule has 0 radical (unpaired) electrons. The number of amides is 2. The number of thiazole rings is 1. The summed E-state index contributed by atoms with van der Waals surface area (Å²) in [5.74, 6) is -0.0654. The minimum atomic E-state index is -0.536. The third kappa shape index (κ3) is 5.67. The number of fused-ring (bicyclic) bond motifs is 1. The molecule has 37 heavy (non-hydrogen) atoms. The van der Waals surface area contributed by atoms with Crippen LogP contribution in [-0.2, 0) is 9.59 Å². The molecule has 0 spiro atoms. The van der Waals surface area contributed by atoms with Crippen LogP contribution < -0.4 is 10.6 Å². The Bertz CT molecular complexity index is 1100. The van der Waals surface area contributed by atoms with E-state index in [0.717, 1.165) is 56.6 Å². The molecule has 1 saturated carbocycles. The van der Waals surface area contributed by atoms with Gasteiger partial charge in [0, 0.05) is 24.5 Å². The molecule has 2 aromatic heterocycles. The number of piperazine rings is 1. The quantitative estimate of drug-likeness (QED) is 0.496. The lowest BCUT2D eigenvalue weighted by molar-refractivity contribution is -0.144. The van der Waals surface area contributed by atoms with Crippen LogP contribution in [0.2, 0.25) is 0 Å². The predicted octanol–water partition coefficient (Wildman–Crippen LogP) is 3.46. The number of nitrogens with one attached hydrogen (secondary N) is 2.